The van der Waals surface area contributed by atoms with Gasteiger partial charge in [-0.2, -0.15) is 10.2 Å². The zero-order valence-corrected chi connectivity index (χ0v) is 14.8. The first-order valence-corrected chi connectivity index (χ1v) is 8.66. The molecule has 0 amide bonds. The third kappa shape index (κ3) is 3.07. The van der Waals surface area contributed by atoms with Crippen LogP contribution in [0.2, 0.25) is 0 Å². The Morgan fingerprint density at radius 2 is 2.07 bits per heavy atom. The molecule has 0 aliphatic rings. The first-order chi connectivity index (χ1) is 13.7. The highest BCUT2D eigenvalue weighted by Crippen LogP contribution is 2.19. The van der Waals surface area contributed by atoms with Crippen molar-refractivity contribution in [3.8, 4) is 5.69 Å². The Labute approximate surface area is 159 Å². The number of hydrogen-bond acceptors (Lipinski definition) is 7. The van der Waals surface area contributed by atoms with Crippen molar-refractivity contribution in [2.45, 2.75) is 13.0 Å². The number of hydrogen-bond donors (Lipinski definition) is 2. The van der Waals surface area contributed by atoms with E-state index in [4.69, 9.17) is 5.73 Å². The Balaban J connectivity index is 1.37. The molecule has 10 nitrogen and oxygen atoms in total. The Bertz CT molecular complexity index is 1230. The molecule has 10 heteroatoms. The van der Waals surface area contributed by atoms with E-state index in [1.165, 1.54) is 6.33 Å². The number of aromatic nitrogens is 9. The summed E-state index contributed by atoms with van der Waals surface area (Å²) in [7, 11) is 0. The van der Waals surface area contributed by atoms with Crippen molar-refractivity contribution in [3.05, 3.63) is 72.1 Å². The summed E-state index contributed by atoms with van der Waals surface area (Å²) in [5, 5.41) is 19.3. The molecule has 28 heavy (non-hydrogen) atoms. The molecule has 4 aromatic heterocycles. The van der Waals surface area contributed by atoms with E-state index < -0.39 is 0 Å². The summed E-state index contributed by atoms with van der Waals surface area (Å²) in [5.41, 5.74) is 11.3. The van der Waals surface area contributed by atoms with E-state index in [0.29, 0.717) is 24.4 Å². The summed E-state index contributed by atoms with van der Waals surface area (Å²) in [6, 6.07) is 9.94. The number of nitrogens with one attached hydrogen (secondary N) is 1. The van der Waals surface area contributed by atoms with E-state index in [1.807, 2.05) is 35.3 Å². The highest BCUT2D eigenvalue weighted by Gasteiger charge is 2.10. The van der Waals surface area contributed by atoms with Crippen LogP contribution >= 0.6 is 0 Å². The van der Waals surface area contributed by atoms with Gasteiger partial charge in [0.2, 0.25) is 0 Å². The van der Waals surface area contributed by atoms with Crippen LogP contribution in [0, 0.1) is 0 Å². The van der Waals surface area contributed by atoms with Crippen LogP contribution < -0.4 is 5.73 Å². The summed E-state index contributed by atoms with van der Waals surface area (Å²) in [4.78, 5) is 8.18. The molecule has 0 spiro atoms. The van der Waals surface area contributed by atoms with Gasteiger partial charge in [0.05, 0.1) is 18.4 Å². The number of benzene rings is 1. The van der Waals surface area contributed by atoms with E-state index >= 15 is 0 Å². The zero-order chi connectivity index (χ0) is 18.9. The first kappa shape index (κ1) is 16.1. The lowest BCUT2D eigenvalue weighted by molar-refractivity contribution is 0.685. The number of nitrogen functional groups attached to an aromatic ring is 1. The number of nitrogens with zero attached hydrogens (tertiary/aromatic N) is 8. The van der Waals surface area contributed by atoms with E-state index in [2.05, 4.69) is 47.7 Å². The van der Waals surface area contributed by atoms with Gasteiger partial charge in [0.25, 0.3) is 0 Å². The van der Waals surface area contributed by atoms with Crippen LogP contribution in [-0.4, -0.2) is 44.9 Å². The summed E-state index contributed by atoms with van der Waals surface area (Å²) >= 11 is 0. The van der Waals surface area contributed by atoms with Crippen LogP contribution in [0.15, 0.2) is 55.4 Å². The van der Waals surface area contributed by atoms with Gasteiger partial charge in [-0.05, 0) is 34.9 Å². The third-order valence-corrected chi connectivity index (χ3v) is 4.42. The largest absolute Gasteiger partial charge is 0.384 e. The van der Waals surface area contributed by atoms with Crippen molar-refractivity contribution in [2.24, 2.45) is 0 Å². The SMILES string of the molecule is Nc1cc(Cc2cnn(Cc3cccc(-n4cncn4)c3)c2)c2nn[nH]c2n1. The summed E-state index contributed by atoms with van der Waals surface area (Å²) in [6.07, 6.45) is 7.71. The maximum atomic E-state index is 5.88. The van der Waals surface area contributed by atoms with Gasteiger partial charge in [-0.1, -0.05) is 17.3 Å². The van der Waals surface area contributed by atoms with Gasteiger partial charge in [-0.3, -0.25) is 4.68 Å². The van der Waals surface area contributed by atoms with Crippen molar-refractivity contribution >= 4 is 17.0 Å². The molecule has 5 aromatic rings. The lowest BCUT2D eigenvalue weighted by atomic mass is 10.1. The second-order valence-corrected chi connectivity index (χ2v) is 6.45. The molecule has 0 saturated carbocycles. The Morgan fingerprint density at radius 3 is 2.96 bits per heavy atom. The lowest BCUT2D eigenvalue weighted by Gasteiger charge is -2.05. The Hall–Kier alpha value is -4.08. The maximum absolute atomic E-state index is 5.88. The predicted octanol–water partition coefficient (Wildman–Crippen LogP) is 1.35. The number of anilines is 1. The number of H-pyrrole nitrogens is 1. The Kier molecular flexibility index (Phi) is 3.79. The maximum Gasteiger partial charge on any atom is 0.178 e. The topological polar surface area (TPSA) is 129 Å². The van der Waals surface area contributed by atoms with Gasteiger partial charge >= 0.3 is 0 Å². The van der Waals surface area contributed by atoms with Crippen LogP contribution in [0.25, 0.3) is 16.9 Å². The molecule has 138 valence electrons. The number of nitrogens with two attached hydrogens (primary N) is 1. The second kappa shape index (κ2) is 6.58. The molecule has 0 radical (unpaired) electrons. The zero-order valence-electron chi connectivity index (χ0n) is 14.8. The van der Waals surface area contributed by atoms with E-state index in [9.17, 15) is 0 Å². The molecule has 5 rings (SSSR count). The second-order valence-electron chi connectivity index (χ2n) is 6.45. The summed E-state index contributed by atoms with van der Waals surface area (Å²) in [5.74, 6) is 0.436. The van der Waals surface area contributed by atoms with Gasteiger partial charge in [-0.15, -0.1) is 5.10 Å². The minimum Gasteiger partial charge on any atom is -0.384 e. The van der Waals surface area contributed by atoms with Crippen molar-refractivity contribution in [2.75, 3.05) is 5.73 Å². The molecule has 0 bridgehead atoms. The van der Waals surface area contributed by atoms with E-state index in [0.717, 1.165) is 27.9 Å². The van der Waals surface area contributed by atoms with Gasteiger partial charge in [0.1, 0.15) is 24.0 Å². The lowest BCUT2D eigenvalue weighted by Crippen LogP contribution is -2.02. The average molecular weight is 372 g/mol. The van der Waals surface area contributed by atoms with Crippen molar-refractivity contribution in [3.63, 3.8) is 0 Å². The van der Waals surface area contributed by atoms with Gasteiger partial charge in [0, 0.05) is 12.6 Å². The van der Waals surface area contributed by atoms with Crippen LogP contribution in [0.5, 0.6) is 0 Å². The predicted molar refractivity (Wildman–Crippen MR) is 102 cm³/mol. The highest BCUT2D eigenvalue weighted by atomic mass is 15.3. The van der Waals surface area contributed by atoms with Gasteiger partial charge in [0.15, 0.2) is 5.65 Å². The van der Waals surface area contributed by atoms with Crippen molar-refractivity contribution < 1.29 is 0 Å². The van der Waals surface area contributed by atoms with Gasteiger partial charge < -0.3 is 5.73 Å². The van der Waals surface area contributed by atoms with Crippen LogP contribution in [0.4, 0.5) is 5.82 Å². The van der Waals surface area contributed by atoms with Crippen molar-refractivity contribution in [1.82, 2.24) is 44.9 Å². The number of aromatic amines is 1. The fourth-order valence-corrected chi connectivity index (χ4v) is 3.19. The molecule has 0 aliphatic carbocycles. The van der Waals surface area contributed by atoms with Crippen LogP contribution in [0.3, 0.4) is 0 Å². The standard InChI is InChI=1S/C18H16N10/c19-16-6-14(17-18(23-16)25-26-24-17)4-13-7-21-27(9-13)8-12-2-1-3-15(5-12)28-11-20-10-22-28/h1-3,5-7,9-11H,4,8H2,(H3,19,23,24,25,26). The third-order valence-electron chi connectivity index (χ3n) is 4.42. The van der Waals surface area contributed by atoms with Gasteiger partial charge in [-0.25, -0.2) is 19.7 Å². The van der Waals surface area contributed by atoms with E-state index in [-0.39, 0.29) is 0 Å². The molecule has 0 aliphatic heterocycles. The minimum atomic E-state index is 0.436. The van der Waals surface area contributed by atoms with Crippen LogP contribution in [-0.2, 0) is 13.0 Å². The first-order valence-electron chi connectivity index (χ1n) is 8.66. The minimum absolute atomic E-state index is 0.436. The molecular weight excluding hydrogens is 356 g/mol. The molecule has 3 N–H and O–H groups in total. The number of rotatable bonds is 5. The number of pyridine rings is 1. The molecule has 1 aromatic carbocycles. The molecule has 0 unspecified atom stereocenters. The highest BCUT2D eigenvalue weighted by molar-refractivity contribution is 5.76. The smallest absolute Gasteiger partial charge is 0.178 e. The van der Waals surface area contributed by atoms with E-state index in [1.54, 1.807) is 11.0 Å². The van der Waals surface area contributed by atoms with Crippen LogP contribution in [0.1, 0.15) is 16.7 Å². The summed E-state index contributed by atoms with van der Waals surface area (Å²) in [6.45, 7) is 0.653. The summed E-state index contributed by atoms with van der Waals surface area (Å²) < 4.78 is 3.63. The fourth-order valence-electron chi connectivity index (χ4n) is 3.19. The average Bonchev–Trinajstić information content (AvgIpc) is 3.43. The number of fused-ring (bicyclic) bond motifs is 1. The Morgan fingerprint density at radius 1 is 1.11 bits per heavy atom. The normalized spacial score (nSPS) is 11.3. The molecule has 0 fully saturated rings. The molecule has 0 atom stereocenters. The molecule has 0 saturated heterocycles. The molecular formula is C18H16N10. The quantitative estimate of drug-likeness (QED) is 0.476. The fraction of sp³-hybridized carbons (Fsp3) is 0.111. The van der Waals surface area contributed by atoms with Crippen molar-refractivity contribution in [1.29, 1.82) is 0 Å². The molecule has 4 heterocycles. The monoisotopic (exact) mass is 372 g/mol.